The Bertz CT molecular complexity index is 945. The minimum atomic E-state index is -4.83. The van der Waals surface area contributed by atoms with Crippen LogP contribution in [-0.2, 0) is 4.79 Å². The Morgan fingerprint density at radius 1 is 1.09 bits per heavy atom. The van der Waals surface area contributed by atoms with Crippen molar-refractivity contribution in [3.63, 3.8) is 0 Å². The molecule has 1 heterocycles. The molecule has 34 heavy (non-hydrogen) atoms. The molecule has 0 N–H and O–H groups in total. The van der Waals surface area contributed by atoms with Crippen molar-refractivity contribution in [1.29, 1.82) is 0 Å². The van der Waals surface area contributed by atoms with Crippen LogP contribution in [0, 0.1) is 6.92 Å². The third-order valence-electron chi connectivity index (χ3n) is 6.22. The molecular weight excluding hydrogens is 439 g/mol. The molecule has 2 aromatic carbocycles. The Hall–Kier alpha value is -2.60. The molecule has 0 amide bonds. The predicted octanol–water partition coefficient (Wildman–Crippen LogP) is 7.20. The third kappa shape index (κ3) is 7.73. The summed E-state index contributed by atoms with van der Waals surface area (Å²) < 4.78 is 42.4. The van der Waals surface area contributed by atoms with E-state index in [1.165, 1.54) is 69.9 Å². The lowest BCUT2D eigenvalue weighted by Crippen LogP contribution is -2.33. The van der Waals surface area contributed by atoms with Gasteiger partial charge in [-0.05, 0) is 81.4 Å². The van der Waals surface area contributed by atoms with E-state index in [0.717, 1.165) is 5.75 Å². The second-order valence-electron chi connectivity index (χ2n) is 8.56. The number of piperidine rings is 1. The fourth-order valence-corrected chi connectivity index (χ4v) is 4.29. The van der Waals surface area contributed by atoms with E-state index in [1.54, 1.807) is 32.2 Å². The van der Waals surface area contributed by atoms with Crippen LogP contribution in [-0.4, -0.2) is 43.6 Å². The molecule has 186 valence electrons. The third-order valence-corrected chi connectivity index (χ3v) is 6.22. The number of para-hydroxylation sites is 1. The zero-order chi connectivity index (χ0) is 25.1. The first-order valence-corrected chi connectivity index (χ1v) is 11.9. The van der Waals surface area contributed by atoms with Gasteiger partial charge in [-0.25, -0.2) is 0 Å². The van der Waals surface area contributed by atoms with Crippen LogP contribution >= 0.6 is 0 Å². The van der Waals surface area contributed by atoms with E-state index in [2.05, 4.69) is 36.1 Å². The van der Waals surface area contributed by atoms with Gasteiger partial charge in [0.1, 0.15) is 5.75 Å². The van der Waals surface area contributed by atoms with Crippen molar-refractivity contribution in [3.05, 3.63) is 71.3 Å². The van der Waals surface area contributed by atoms with Crippen LogP contribution < -0.4 is 4.74 Å². The van der Waals surface area contributed by atoms with E-state index in [-0.39, 0.29) is 5.57 Å². The number of carbonyl (C=O) groups is 1. The zero-order valence-electron chi connectivity index (χ0n) is 20.6. The number of carbonyl (C=O) groups excluding carboxylic acids is 1. The molecule has 2 aromatic rings. The highest BCUT2D eigenvalue weighted by atomic mass is 19.4. The Balaban J connectivity index is 0.000000242. The van der Waals surface area contributed by atoms with Crippen LogP contribution in [0.15, 0.2) is 54.6 Å². The Kier molecular flexibility index (Phi) is 10.8. The number of alkyl halides is 3. The van der Waals surface area contributed by atoms with Crippen molar-refractivity contribution in [3.8, 4) is 5.75 Å². The van der Waals surface area contributed by atoms with Crippen LogP contribution in [0.1, 0.15) is 62.1 Å². The average Bonchev–Trinajstić information content (AvgIpc) is 2.84. The second-order valence-corrected chi connectivity index (χ2v) is 8.56. The van der Waals surface area contributed by atoms with Gasteiger partial charge in [-0.15, -0.1) is 0 Å². The average molecular weight is 476 g/mol. The number of unbranched alkanes of at least 4 members (excludes halogenated alkanes) is 1. The maximum Gasteiger partial charge on any atom is 0.454 e. The number of rotatable bonds is 7. The molecular formula is C28H36F3NO2. The Morgan fingerprint density at radius 3 is 2.26 bits per heavy atom. The van der Waals surface area contributed by atoms with Crippen molar-refractivity contribution in [2.75, 3.05) is 26.7 Å². The lowest BCUT2D eigenvalue weighted by atomic mass is 9.89. The van der Waals surface area contributed by atoms with E-state index in [0.29, 0.717) is 17.0 Å². The topological polar surface area (TPSA) is 29.5 Å². The summed E-state index contributed by atoms with van der Waals surface area (Å²) in [6.07, 6.45) is 1.53. The summed E-state index contributed by atoms with van der Waals surface area (Å²) in [7, 11) is 1.77. The Morgan fingerprint density at radius 2 is 1.71 bits per heavy atom. The van der Waals surface area contributed by atoms with Gasteiger partial charge < -0.3 is 9.64 Å². The number of ketones is 1. The molecule has 0 spiro atoms. The number of Topliss-reactive ketones (excluding diaryl/α,β-unsaturated/α-hetero) is 1. The number of hydrogen-bond acceptors (Lipinski definition) is 3. The van der Waals surface area contributed by atoms with Gasteiger partial charge in [0.25, 0.3) is 5.78 Å². The zero-order valence-corrected chi connectivity index (χ0v) is 20.6. The molecule has 6 heteroatoms. The summed E-state index contributed by atoms with van der Waals surface area (Å²) in [6, 6.07) is 15.0. The van der Waals surface area contributed by atoms with E-state index in [1.807, 2.05) is 0 Å². The lowest BCUT2D eigenvalue weighted by molar-refractivity contribution is -0.164. The number of methoxy groups -OCH3 is 1. The van der Waals surface area contributed by atoms with E-state index in [4.69, 9.17) is 4.74 Å². The van der Waals surface area contributed by atoms with Gasteiger partial charge in [-0.1, -0.05) is 61.9 Å². The molecule has 1 fully saturated rings. The van der Waals surface area contributed by atoms with Gasteiger partial charge in [0, 0.05) is 5.57 Å². The summed E-state index contributed by atoms with van der Waals surface area (Å²) in [5.41, 5.74) is 2.07. The minimum Gasteiger partial charge on any atom is -0.496 e. The standard InChI is InChI=1S/C16H25NO.C12H11F3O/c1-3-4-11-17-12-9-14(10-13-17)15-7-5-6-8-16(15)18-2;1-3-9(11(16)12(13,14)15)10-7-5-4-6-8(10)2/h5-8,14H,3-4,9-13H2,1-2H3;3-7H,1-2H3/b;9-3+. The molecule has 0 unspecified atom stereocenters. The van der Waals surface area contributed by atoms with Gasteiger partial charge in [-0.2, -0.15) is 13.2 Å². The van der Waals surface area contributed by atoms with Gasteiger partial charge >= 0.3 is 6.18 Å². The maximum atomic E-state index is 12.3. The largest absolute Gasteiger partial charge is 0.496 e. The second kappa shape index (κ2) is 13.3. The smallest absolute Gasteiger partial charge is 0.454 e. The lowest BCUT2D eigenvalue weighted by Gasteiger charge is -2.32. The van der Waals surface area contributed by atoms with E-state index >= 15 is 0 Å². The van der Waals surface area contributed by atoms with Crippen LogP contribution in [0.5, 0.6) is 5.75 Å². The number of aryl methyl sites for hydroxylation is 1. The van der Waals surface area contributed by atoms with Crippen molar-refractivity contribution >= 4 is 11.4 Å². The molecule has 1 saturated heterocycles. The van der Waals surface area contributed by atoms with Gasteiger partial charge in [-0.3, -0.25) is 4.79 Å². The molecule has 3 nitrogen and oxygen atoms in total. The highest BCUT2D eigenvalue weighted by Gasteiger charge is 2.40. The SMILES string of the molecule is C/C=C(/C(=O)C(F)(F)F)c1ccccc1C.CCCCN1CCC(c2ccccc2OC)CC1. The first-order valence-electron chi connectivity index (χ1n) is 11.9. The summed E-state index contributed by atoms with van der Waals surface area (Å²) in [5.74, 6) is -0.0622. The van der Waals surface area contributed by atoms with Crippen LogP contribution in [0.2, 0.25) is 0 Å². The van der Waals surface area contributed by atoms with Crippen molar-refractivity contribution in [2.24, 2.45) is 0 Å². The quantitative estimate of drug-likeness (QED) is 0.397. The molecule has 0 bridgehead atoms. The number of ether oxygens (including phenoxy) is 1. The molecule has 0 saturated carbocycles. The molecule has 0 aliphatic carbocycles. The number of likely N-dealkylation sites (tertiary alicyclic amines) is 1. The maximum absolute atomic E-state index is 12.3. The van der Waals surface area contributed by atoms with Gasteiger partial charge in [0.15, 0.2) is 0 Å². The van der Waals surface area contributed by atoms with Crippen LogP contribution in [0.4, 0.5) is 13.2 Å². The van der Waals surface area contributed by atoms with Crippen LogP contribution in [0.25, 0.3) is 5.57 Å². The predicted molar refractivity (Wildman–Crippen MR) is 132 cm³/mol. The van der Waals surface area contributed by atoms with Crippen molar-refractivity contribution < 1.29 is 22.7 Å². The summed E-state index contributed by atoms with van der Waals surface area (Å²) >= 11 is 0. The first kappa shape index (κ1) is 27.6. The minimum absolute atomic E-state index is 0.300. The molecule has 0 radical (unpaired) electrons. The van der Waals surface area contributed by atoms with Gasteiger partial charge in [0.05, 0.1) is 7.11 Å². The Labute approximate surface area is 201 Å². The molecule has 1 aliphatic rings. The monoisotopic (exact) mass is 475 g/mol. The first-order chi connectivity index (χ1) is 16.2. The van der Waals surface area contributed by atoms with Gasteiger partial charge in [0.2, 0.25) is 0 Å². The number of halogens is 3. The van der Waals surface area contributed by atoms with Crippen molar-refractivity contribution in [1.82, 2.24) is 4.90 Å². The normalized spacial score (nSPS) is 15.4. The number of benzene rings is 2. The highest BCUT2D eigenvalue weighted by Crippen LogP contribution is 2.34. The molecule has 3 rings (SSSR count). The number of nitrogens with zero attached hydrogens (tertiary/aromatic N) is 1. The molecule has 0 aromatic heterocycles. The summed E-state index contributed by atoms with van der Waals surface area (Å²) in [4.78, 5) is 13.8. The summed E-state index contributed by atoms with van der Waals surface area (Å²) in [5, 5.41) is 0. The fraction of sp³-hybridized carbons (Fsp3) is 0.464. The number of hydrogen-bond donors (Lipinski definition) is 0. The van der Waals surface area contributed by atoms with Crippen LogP contribution in [0.3, 0.4) is 0 Å². The number of allylic oxidation sites excluding steroid dienone is 2. The highest BCUT2D eigenvalue weighted by molar-refractivity contribution is 6.23. The molecule has 1 aliphatic heterocycles. The fourth-order valence-electron chi connectivity index (χ4n) is 4.29. The van der Waals surface area contributed by atoms with Crippen molar-refractivity contribution in [2.45, 2.75) is 58.5 Å². The van der Waals surface area contributed by atoms with E-state index in [9.17, 15) is 18.0 Å². The van der Waals surface area contributed by atoms with E-state index < -0.39 is 12.0 Å². The summed E-state index contributed by atoms with van der Waals surface area (Å²) in [6.45, 7) is 9.11. The molecule has 0 atom stereocenters.